The highest BCUT2D eigenvalue weighted by Crippen LogP contribution is 2.36. The van der Waals surface area contributed by atoms with E-state index in [2.05, 4.69) is 4.98 Å². The Kier molecular flexibility index (Phi) is 1.45. The van der Waals surface area contributed by atoms with E-state index >= 15 is 0 Å². The lowest BCUT2D eigenvalue weighted by molar-refractivity contribution is 0.469. The molecule has 0 aliphatic carbocycles. The third-order valence-electron chi connectivity index (χ3n) is 2.62. The quantitative estimate of drug-likeness (QED) is 0.487. The summed E-state index contributed by atoms with van der Waals surface area (Å²) < 4.78 is 0. The first-order valence-corrected chi connectivity index (χ1v) is 4.69. The van der Waals surface area contributed by atoms with Crippen molar-refractivity contribution in [1.29, 1.82) is 0 Å². The van der Waals surface area contributed by atoms with Gasteiger partial charge in [-0.3, -0.25) is 0 Å². The van der Waals surface area contributed by atoms with Gasteiger partial charge in [0.15, 0.2) is 0 Å². The second kappa shape index (κ2) is 2.67. The number of hydrogen-bond acceptors (Lipinski definition) is 2. The molecule has 0 atom stereocenters. The number of hydrogen-bond donors (Lipinski definition) is 3. The van der Waals surface area contributed by atoms with Crippen molar-refractivity contribution >= 4 is 21.8 Å². The molecule has 2 aromatic carbocycles. The van der Waals surface area contributed by atoms with E-state index in [4.69, 9.17) is 0 Å². The summed E-state index contributed by atoms with van der Waals surface area (Å²) in [6, 6.07) is 10.6. The van der Waals surface area contributed by atoms with E-state index in [0.29, 0.717) is 10.9 Å². The maximum absolute atomic E-state index is 9.75. The molecule has 0 radical (unpaired) electrons. The van der Waals surface area contributed by atoms with Crippen molar-refractivity contribution in [3.8, 4) is 11.5 Å². The zero-order chi connectivity index (χ0) is 10.4. The molecule has 0 amide bonds. The predicted molar refractivity (Wildman–Crippen MR) is 59.1 cm³/mol. The van der Waals surface area contributed by atoms with Gasteiger partial charge in [0.05, 0.1) is 10.9 Å². The highest BCUT2D eigenvalue weighted by Gasteiger charge is 2.10. The Morgan fingerprint density at radius 1 is 0.867 bits per heavy atom. The van der Waals surface area contributed by atoms with Gasteiger partial charge in [-0.05, 0) is 18.2 Å². The first-order chi connectivity index (χ1) is 7.27. The molecule has 0 saturated heterocycles. The highest BCUT2D eigenvalue weighted by molar-refractivity contribution is 6.12. The van der Waals surface area contributed by atoms with Crippen LogP contribution in [0.3, 0.4) is 0 Å². The summed E-state index contributed by atoms with van der Waals surface area (Å²) >= 11 is 0. The van der Waals surface area contributed by atoms with E-state index < -0.39 is 0 Å². The SMILES string of the molecule is Oc1ccc(O)c2c1[nH]c1ccccc12. The first kappa shape index (κ1) is 8.17. The molecule has 0 fully saturated rings. The van der Waals surface area contributed by atoms with Crippen molar-refractivity contribution in [3.05, 3.63) is 36.4 Å². The van der Waals surface area contributed by atoms with Crippen LogP contribution < -0.4 is 0 Å². The largest absolute Gasteiger partial charge is 0.507 e. The van der Waals surface area contributed by atoms with Crippen molar-refractivity contribution in [2.75, 3.05) is 0 Å². The van der Waals surface area contributed by atoms with Gasteiger partial charge in [-0.25, -0.2) is 0 Å². The van der Waals surface area contributed by atoms with E-state index in [-0.39, 0.29) is 11.5 Å². The fourth-order valence-electron chi connectivity index (χ4n) is 1.92. The van der Waals surface area contributed by atoms with Crippen LogP contribution in [0.1, 0.15) is 0 Å². The van der Waals surface area contributed by atoms with Crippen LogP contribution in [0, 0.1) is 0 Å². The van der Waals surface area contributed by atoms with Gasteiger partial charge in [0.2, 0.25) is 0 Å². The summed E-state index contributed by atoms with van der Waals surface area (Å²) in [5, 5.41) is 21.0. The maximum atomic E-state index is 9.75. The number of aromatic nitrogens is 1. The van der Waals surface area contributed by atoms with Crippen molar-refractivity contribution in [3.63, 3.8) is 0 Å². The van der Waals surface area contributed by atoms with E-state index in [1.807, 2.05) is 24.3 Å². The number of rotatable bonds is 0. The number of para-hydroxylation sites is 1. The summed E-state index contributed by atoms with van der Waals surface area (Å²) in [6.07, 6.45) is 0. The number of fused-ring (bicyclic) bond motifs is 3. The molecule has 0 bridgehead atoms. The zero-order valence-corrected chi connectivity index (χ0v) is 7.86. The van der Waals surface area contributed by atoms with Gasteiger partial charge in [0, 0.05) is 10.9 Å². The van der Waals surface area contributed by atoms with Crippen LogP contribution in [-0.4, -0.2) is 15.2 Å². The van der Waals surface area contributed by atoms with Gasteiger partial charge in [-0.1, -0.05) is 18.2 Å². The predicted octanol–water partition coefficient (Wildman–Crippen LogP) is 2.73. The van der Waals surface area contributed by atoms with Gasteiger partial charge < -0.3 is 15.2 Å². The third-order valence-corrected chi connectivity index (χ3v) is 2.62. The first-order valence-electron chi connectivity index (χ1n) is 4.69. The van der Waals surface area contributed by atoms with Crippen LogP contribution in [0.2, 0.25) is 0 Å². The van der Waals surface area contributed by atoms with E-state index in [1.165, 1.54) is 12.1 Å². The van der Waals surface area contributed by atoms with Crippen LogP contribution >= 0.6 is 0 Å². The van der Waals surface area contributed by atoms with Crippen molar-refractivity contribution < 1.29 is 10.2 Å². The van der Waals surface area contributed by atoms with Gasteiger partial charge in [0.1, 0.15) is 11.5 Å². The Bertz CT molecular complexity index is 655. The Labute approximate surface area is 85.6 Å². The number of aromatic hydroxyl groups is 2. The molecule has 0 aliphatic heterocycles. The fourth-order valence-corrected chi connectivity index (χ4v) is 1.92. The molecule has 0 unspecified atom stereocenters. The molecule has 3 nitrogen and oxygen atoms in total. The van der Waals surface area contributed by atoms with Crippen LogP contribution in [0.15, 0.2) is 36.4 Å². The Balaban J connectivity index is 2.66. The minimum absolute atomic E-state index is 0.152. The fraction of sp³-hybridized carbons (Fsp3) is 0. The maximum Gasteiger partial charge on any atom is 0.139 e. The zero-order valence-electron chi connectivity index (χ0n) is 7.86. The summed E-state index contributed by atoms with van der Waals surface area (Å²) in [6.45, 7) is 0. The molecule has 1 heterocycles. The molecule has 3 heteroatoms. The second-order valence-corrected chi connectivity index (χ2v) is 3.52. The molecule has 0 saturated carbocycles. The van der Waals surface area contributed by atoms with Crippen LogP contribution in [0.5, 0.6) is 11.5 Å². The van der Waals surface area contributed by atoms with Crippen molar-refractivity contribution in [1.82, 2.24) is 4.98 Å². The number of aromatic amines is 1. The average Bonchev–Trinajstić information content (AvgIpc) is 2.64. The number of phenols is 2. The second-order valence-electron chi connectivity index (χ2n) is 3.52. The van der Waals surface area contributed by atoms with E-state index in [0.717, 1.165) is 10.9 Å². The average molecular weight is 199 g/mol. The van der Waals surface area contributed by atoms with Gasteiger partial charge in [0.25, 0.3) is 0 Å². The summed E-state index contributed by atoms with van der Waals surface area (Å²) in [4.78, 5) is 3.08. The highest BCUT2D eigenvalue weighted by atomic mass is 16.3. The minimum Gasteiger partial charge on any atom is -0.507 e. The monoisotopic (exact) mass is 199 g/mol. The Hall–Kier alpha value is -2.16. The number of phenolic OH excluding ortho intramolecular Hbond substituents is 2. The molecule has 3 N–H and O–H groups in total. The standard InChI is InChI=1S/C12H9NO2/c14-9-5-6-10(15)12-11(9)7-3-1-2-4-8(7)13-12/h1-6,13-15H. The van der Waals surface area contributed by atoms with Gasteiger partial charge in [-0.2, -0.15) is 0 Å². The molecular weight excluding hydrogens is 190 g/mol. The van der Waals surface area contributed by atoms with E-state index in [9.17, 15) is 10.2 Å². The molecule has 74 valence electrons. The normalized spacial score (nSPS) is 11.2. The lowest BCUT2D eigenvalue weighted by Gasteiger charge is -1.97. The van der Waals surface area contributed by atoms with Gasteiger partial charge >= 0.3 is 0 Å². The van der Waals surface area contributed by atoms with E-state index in [1.54, 1.807) is 0 Å². The third kappa shape index (κ3) is 1.00. The summed E-state index contributed by atoms with van der Waals surface area (Å²) in [5.41, 5.74) is 1.49. The Morgan fingerprint density at radius 2 is 1.60 bits per heavy atom. The molecule has 0 aliphatic rings. The molecule has 3 rings (SSSR count). The molecule has 3 aromatic rings. The Morgan fingerprint density at radius 3 is 2.47 bits per heavy atom. The number of benzene rings is 2. The van der Waals surface area contributed by atoms with Crippen molar-refractivity contribution in [2.45, 2.75) is 0 Å². The summed E-state index contributed by atoms with van der Waals surface area (Å²) in [7, 11) is 0. The molecule has 15 heavy (non-hydrogen) atoms. The molecule has 0 spiro atoms. The molecule has 1 aromatic heterocycles. The van der Waals surface area contributed by atoms with Crippen molar-refractivity contribution in [2.24, 2.45) is 0 Å². The minimum atomic E-state index is 0.152. The number of H-pyrrole nitrogens is 1. The molecular formula is C12H9NO2. The van der Waals surface area contributed by atoms with Crippen LogP contribution in [-0.2, 0) is 0 Å². The van der Waals surface area contributed by atoms with Crippen LogP contribution in [0.4, 0.5) is 0 Å². The summed E-state index contributed by atoms with van der Waals surface area (Å²) in [5.74, 6) is 0.333. The van der Waals surface area contributed by atoms with Crippen LogP contribution in [0.25, 0.3) is 21.8 Å². The lowest BCUT2D eigenvalue weighted by Crippen LogP contribution is -1.71. The van der Waals surface area contributed by atoms with Gasteiger partial charge in [-0.15, -0.1) is 0 Å². The lowest BCUT2D eigenvalue weighted by atomic mass is 10.1. The number of nitrogens with one attached hydrogen (secondary N) is 1. The smallest absolute Gasteiger partial charge is 0.139 e. The topological polar surface area (TPSA) is 56.2 Å².